The average Bonchev–Trinajstić information content (AvgIpc) is 2.18. The van der Waals surface area contributed by atoms with Crippen LogP contribution in [0, 0.1) is 6.92 Å². The molecule has 2 rings (SSSR count). The number of pyridine rings is 1. The molecular weight excluding hydrogens is 162 g/mol. The Balaban J connectivity index is 2.31. The van der Waals surface area contributed by atoms with E-state index in [9.17, 15) is 0 Å². The molecule has 1 aromatic heterocycles. The molecule has 70 valence electrons. The molecule has 1 atom stereocenters. The van der Waals surface area contributed by atoms with Gasteiger partial charge in [-0.25, -0.2) is 4.98 Å². The van der Waals surface area contributed by atoms with Crippen molar-refractivity contribution in [1.82, 2.24) is 4.98 Å². The molecule has 1 aliphatic heterocycles. The zero-order valence-corrected chi connectivity index (χ0v) is 8.09. The second kappa shape index (κ2) is 3.24. The van der Waals surface area contributed by atoms with E-state index in [0.717, 1.165) is 24.5 Å². The number of fused-ring (bicyclic) bond motifs is 1. The van der Waals surface area contributed by atoms with Gasteiger partial charge in [0.1, 0.15) is 5.82 Å². The predicted molar refractivity (Wildman–Crippen MR) is 55.2 cm³/mol. The second-order valence-electron chi connectivity index (χ2n) is 3.48. The number of hydrogen-bond acceptors (Lipinski definition) is 3. The maximum atomic E-state index is 4.30. The van der Waals surface area contributed by atoms with Gasteiger partial charge in [-0.1, -0.05) is 6.92 Å². The van der Waals surface area contributed by atoms with Crippen LogP contribution in [0.2, 0.25) is 0 Å². The molecular formula is C10H15N3. The predicted octanol–water partition coefficient (Wildman–Crippen LogP) is 2.01. The number of nitrogens with zero attached hydrogens (tertiary/aromatic N) is 1. The van der Waals surface area contributed by atoms with Crippen molar-refractivity contribution >= 4 is 11.5 Å². The van der Waals surface area contributed by atoms with Crippen molar-refractivity contribution in [3.8, 4) is 0 Å². The fourth-order valence-electron chi connectivity index (χ4n) is 1.61. The fourth-order valence-corrected chi connectivity index (χ4v) is 1.61. The van der Waals surface area contributed by atoms with Crippen molar-refractivity contribution in [3.05, 3.63) is 17.8 Å². The first kappa shape index (κ1) is 8.35. The van der Waals surface area contributed by atoms with Gasteiger partial charge in [-0.3, -0.25) is 0 Å². The smallest absolute Gasteiger partial charge is 0.149 e. The third-order valence-electron chi connectivity index (χ3n) is 2.52. The summed E-state index contributed by atoms with van der Waals surface area (Å²) in [4.78, 5) is 4.30. The van der Waals surface area contributed by atoms with Crippen molar-refractivity contribution in [1.29, 1.82) is 0 Å². The number of rotatable bonds is 1. The lowest BCUT2D eigenvalue weighted by Gasteiger charge is -2.27. The standard InChI is InChI=1S/C10H15N3/c1-3-8-6-12-9-7(2)4-5-11-10(9)13-8/h4-5,8,12H,3,6H2,1-2H3,(H,11,13). The molecule has 0 spiro atoms. The lowest BCUT2D eigenvalue weighted by atomic mass is 10.1. The number of hydrogen-bond donors (Lipinski definition) is 2. The molecule has 0 fully saturated rings. The van der Waals surface area contributed by atoms with Crippen molar-refractivity contribution in [2.75, 3.05) is 17.2 Å². The molecule has 3 heteroatoms. The third-order valence-corrected chi connectivity index (χ3v) is 2.52. The van der Waals surface area contributed by atoms with Gasteiger partial charge in [0.2, 0.25) is 0 Å². The summed E-state index contributed by atoms with van der Waals surface area (Å²) in [5.74, 6) is 0.998. The molecule has 3 nitrogen and oxygen atoms in total. The van der Waals surface area contributed by atoms with Crippen LogP contribution in [0.25, 0.3) is 0 Å². The molecule has 1 aromatic rings. The minimum Gasteiger partial charge on any atom is -0.380 e. The first-order valence-electron chi connectivity index (χ1n) is 4.77. The molecule has 0 saturated heterocycles. The van der Waals surface area contributed by atoms with Crippen LogP contribution < -0.4 is 10.6 Å². The van der Waals surface area contributed by atoms with Crippen molar-refractivity contribution < 1.29 is 0 Å². The lowest BCUT2D eigenvalue weighted by molar-refractivity contribution is 0.707. The van der Waals surface area contributed by atoms with Crippen LogP contribution in [-0.2, 0) is 0 Å². The first-order valence-corrected chi connectivity index (χ1v) is 4.77. The summed E-state index contributed by atoms with van der Waals surface area (Å²) in [6, 6.07) is 2.54. The van der Waals surface area contributed by atoms with Gasteiger partial charge in [0.25, 0.3) is 0 Å². The van der Waals surface area contributed by atoms with E-state index in [4.69, 9.17) is 0 Å². The molecule has 0 aliphatic carbocycles. The van der Waals surface area contributed by atoms with E-state index in [2.05, 4.69) is 29.5 Å². The van der Waals surface area contributed by atoms with Crippen LogP contribution >= 0.6 is 0 Å². The van der Waals surface area contributed by atoms with Crippen LogP contribution in [0.15, 0.2) is 12.3 Å². The summed E-state index contributed by atoms with van der Waals surface area (Å²) in [6.07, 6.45) is 2.98. The normalized spacial score (nSPS) is 20.0. The highest BCUT2D eigenvalue weighted by Crippen LogP contribution is 2.27. The third kappa shape index (κ3) is 1.46. The molecule has 2 heterocycles. The van der Waals surface area contributed by atoms with E-state index in [0.29, 0.717) is 6.04 Å². The first-order chi connectivity index (χ1) is 6.31. The summed E-state index contributed by atoms with van der Waals surface area (Å²) in [7, 11) is 0. The van der Waals surface area contributed by atoms with Crippen molar-refractivity contribution in [2.24, 2.45) is 0 Å². The SMILES string of the molecule is CCC1CNc2c(C)ccnc2N1. The maximum Gasteiger partial charge on any atom is 0.149 e. The maximum absolute atomic E-state index is 4.30. The van der Waals surface area contributed by atoms with Crippen LogP contribution in [-0.4, -0.2) is 17.6 Å². The van der Waals surface area contributed by atoms with E-state index in [-0.39, 0.29) is 0 Å². The van der Waals surface area contributed by atoms with E-state index in [1.807, 2.05) is 12.3 Å². The number of aromatic nitrogens is 1. The van der Waals surface area contributed by atoms with Gasteiger partial charge in [0, 0.05) is 18.8 Å². The molecule has 0 radical (unpaired) electrons. The van der Waals surface area contributed by atoms with Gasteiger partial charge in [-0.15, -0.1) is 0 Å². The summed E-state index contributed by atoms with van der Waals surface area (Å²) in [6.45, 7) is 5.28. The Bertz CT molecular complexity index is 309. The minimum atomic E-state index is 0.516. The molecule has 0 amide bonds. The van der Waals surface area contributed by atoms with Crippen molar-refractivity contribution in [2.45, 2.75) is 26.3 Å². The Labute approximate surface area is 78.6 Å². The highest BCUT2D eigenvalue weighted by Gasteiger charge is 2.17. The molecule has 0 saturated carbocycles. The van der Waals surface area contributed by atoms with Crippen LogP contribution in [0.1, 0.15) is 18.9 Å². The Hall–Kier alpha value is -1.25. The Kier molecular flexibility index (Phi) is 2.08. The molecule has 2 N–H and O–H groups in total. The average molecular weight is 177 g/mol. The largest absolute Gasteiger partial charge is 0.380 e. The number of nitrogens with one attached hydrogen (secondary N) is 2. The van der Waals surface area contributed by atoms with Gasteiger partial charge in [-0.2, -0.15) is 0 Å². The number of aryl methyl sites for hydroxylation is 1. The summed E-state index contributed by atoms with van der Waals surface area (Å²) in [5.41, 5.74) is 2.42. The van der Waals surface area contributed by atoms with Crippen LogP contribution in [0.3, 0.4) is 0 Å². The van der Waals surface area contributed by atoms with E-state index in [1.54, 1.807) is 0 Å². The zero-order valence-electron chi connectivity index (χ0n) is 8.09. The van der Waals surface area contributed by atoms with Crippen LogP contribution in [0.5, 0.6) is 0 Å². The van der Waals surface area contributed by atoms with Crippen LogP contribution in [0.4, 0.5) is 11.5 Å². The topological polar surface area (TPSA) is 37.0 Å². The number of anilines is 2. The molecule has 1 unspecified atom stereocenters. The monoisotopic (exact) mass is 177 g/mol. The van der Waals surface area contributed by atoms with Gasteiger partial charge in [-0.05, 0) is 25.0 Å². The molecule has 13 heavy (non-hydrogen) atoms. The summed E-state index contributed by atoms with van der Waals surface area (Å²) < 4.78 is 0. The van der Waals surface area contributed by atoms with Gasteiger partial charge in [0.15, 0.2) is 0 Å². The molecule has 1 aliphatic rings. The Morgan fingerprint density at radius 1 is 1.62 bits per heavy atom. The molecule has 0 aromatic carbocycles. The summed E-state index contributed by atoms with van der Waals surface area (Å²) >= 11 is 0. The second-order valence-corrected chi connectivity index (χ2v) is 3.48. The molecule has 0 bridgehead atoms. The highest BCUT2D eigenvalue weighted by atomic mass is 15.1. The van der Waals surface area contributed by atoms with Gasteiger partial charge < -0.3 is 10.6 Å². The quantitative estimate of drug-likeness (QED) is 0.689. The Morgan fingerprint density at radius 3 is 3.23 bits per heavy atom. The minimum absolute atomic E-state index is 0.516. The Morgan fingerprint density at radius 2 is 2.46 bits per heavy atom. The van der Waals surface area contributed by atoms with Gasteiger partial charge in [0.05, 0.1) is 5.69 Å². The van der Waals surface area contributed by atoms with Crippen molar-refractivity contribution in [3.63, 3.8) is 0 Å². The highest BCUT2D eigenvalue weighted by molar-refractivity contribution is 5.70. The van der Waals surface area contributed by atoms with Gasteiger partial charge >= 0.3 is 0 Å². The van der Waals surface area contributed by atoms with E-state index >= 15 is 0 Å². The fraction of sp³-hybridized carbons (Fsp3) is 0.500. The summed E-state index contributed by atoms with van der Waals surface area (Å²) in [5, 5.41) is 6.82. The van der Waals surface area contributed by atoms with E-state index in [1.165, 1.54) is 5.56 Å². The zero-order chi connectivity index (χ0) is 9.26. The van der Waals surface area contributed by atoms with E-state index < -0.39 is 0 Å². The lowest BCUT2D eigenvalue weighted by Crippen LogP contribution is -2.33.